The molecule has 98 valence electrons. The molecule has 0 radical (unpaired) electrons. The van der Waals surface area contributed by atoms with Gasteiger partial charge in [-0.1, -0.05) is 13.8 Å². The van der Waals surface area contributed by atoms with Crippen LogP contribution in [0, 0.1) is 13.8 Å². The lowest BCUT2D eigenvalue weighted by atomic mass is 10.4. The molecule has 0 aliphatic heterocycles. The second-order valence-corrected chi connectivity index (χ2v) is 3.90. The van der Waals surface area contributed by atoms with Gasteiger partial charge in [0, 0.05) is 24.8 Å². The predicted molar refractivity (Wildman–Crippen MR) is 75.0 cm³/mol. The maximum atomic E-state index is 4.34. The second-order valence-electron chi connectivity index (χ2n) is 3.90. The monoisotopic (exact) mass is 258 g/mol. The van der Waals surface area contributed by atoms with Crippen LogP contribution >= 0.6 is 12.4 Å². The lowest BCUT2D eigenvalue weighted by Crippen LogP contribution is -2.28. The van der Waals surface area contributed by atoms with Gasteiger partial charge >= 0.3 is 0 Å². The Labute approximate surface area is 110 Å². The van der Waals surface area contributed by atoms with E-state index in [1.165, 1.54) is 0 Å². The third-order valence-corrected chi connectivity index (χ3v) is 2.59. The molecule has 0 atom stereocenters. The van der Waals surface area contributed by atoms with Gasteiger partial charge in [-0.2, -0.15) is 0 Å². The van der Waals surface area contributed by atoms with Crippen LogP contribution in [0.2, 0.25) is 0 Å². The van der Waals surface area contributed by atoms with Crippen LogP contribution in [-0.2, 0) is 0 Å². The Morgan fingerprint density at radius 2 is 1.82 bits per heavy atom. The van der Waals surface area contributed by atoms with Gasteiger partial charge in [-0.25, -0.2) is 9.97 Å². The minimum Gasteiger partial charge on any atom is -0.369 e. The van der Waals surface area contributed by atoms with E-state index in [9.17, 15) is 0 Å². The molecule has 1 N–H and O–H groups in total. The number of nitrogens with one attached hydrogen (secondary N) is 1. The standard InChI is InChI=1S/C12H22N4.ClH/c1-5-16(6-2)8-7-13-12-9-10(3)14-11(4)15-12;/h9H,5-8H2,1-4H3,(H,13,14,15);1H. The summed E-state index contributed by atoms with van der Waals surface area (Å²) in [6.07, 6.45) is 0. The summed E-state index contributed by atoms with van der Waals surface area (Å²) in [7, 11) is 0. The summed E-state index contributed by atoms with van der Waals surface area (Å²) in [5, 5.41) is 3.33. The zero-order chi connectivity index (χ0) is 12.0. The first-order chi connectivity index (χ1) is 7.65. The molecule has 0 amide bonds. The van der Waals surface area contributed by atoms with Gasteiger partial charge in [0.1, 0.15) is 11.6 Å². The van der Waals surface area contributed by atoms with Gasteiger partial charge in [0.15, 0.2) is 0 Å². The minimum absolute atomic E-state index is 0. The first kappa shape index (κ1) is 16.1. The molecular formula is C12H23ClN4. The van der Waals surface area contributed by atoms with Crippen molar-refractivity contribution in [2.24, 2.45) is 0 Å². The van der Waals surface area contributed by atoms with Gasteiger partial charge in [0.05, 0.1) is 0 Å². The molecule has 1 aromatic heterocycles. The average Bonchev–Trinajstić information content (AvgIpc) is 2.23. The van der Waals surface area contributed by atoms with E-state index in [0.717, 1.165) is 43.5 Å². The van der Waals surface area contributed by atoms with E-state index in [-0.39, 0.29) is 12.4 Å². The fourth-order valence-electron chi connectivity index (χ4n) is 1.69. The molecule has 5 heteroatoms. The lowest BCUT2D eigenvalue weighted by Gasteiger charge is -2.18. The van der Waals surface area contributed by atoms with Gasteiger partial charge in [0.2, 0.25) is 0 Å². The number of likely N-dealkylation sites (N-methyl/N-ethyl adjacent to an activating group) is 1. The van der Waals surface area contributed by atoms with Crippen molar-refractivity contribution in [3.8, 4) is 0 Å². The fraction of sp³-hybridized carbons (Fsp3) is 0.667. The van der Waals surface area contributed by atoms with E-state index in [4.69, 9.17) is 0 Å². The van der Waals surface area contributed by atoms with Crippen molar-refractivity contribution in [2.75, 3.05) is 31.5 Å². The van der Waals surface area contributed by atoms with Gasteiger partial charge in [-0.3, -0.25) is 0 Å². The molecule has 1 aromatic rings. The molecule has 0 bridgehead atoms. The molecule has 17 heavy (non-hydrogen) atoms. The summed E-state index contributed by atoms with van der Waals surface area (Å²) in [5.41, 5.74) is 1.01. The fourth-order valence-corrected chi connectivity index (χ4v) is 1.69. The van der Waals surface area contributed by atoms with Crippen molar-refractivity contribution in [1.82, 2.24) is 14.9 Å². The topological polar surface area (TPSA) is 41.0 Å². The van der Waals surface area contributed by atoms with Gasteiger partial charge in [0.25, 0.3) is 0 Å². The molecular weight excluding hydrogens is 236 g/mol. The largest absolute Gasteiger partial charge is 0.369 e. The highest BCUT2D eigenvalue weighted by atomic mass is 35.5. The predicted octanol–water partition coefficient (Wildman–Crippen LogP) is 2.27. The molecule has 0 saturated heterocycles. The first-order valence-electron chi connectivity index (χ1n) is 5.94. The van der Waals surface area contributed by atoms with Gasteiger partial charge in [-0.05, 0) is 26.9 Å². The normalized spacial score (nSPS) is 10.2. The highest BCUT2D eigenvalue weighted by Crippen LogP contribution is 2.04. The highest BCUT2D eigenvalue weighted by Gasteiger charge is 2.00. The van der Waals surface area contributed by atoms with Crippen LogP contribution in [0.5, 0.6) is 0 Å². The van der Waals surface area contributed by atoms with Gasteiger partial charge < -0.3 is 10.2 Å². The molecule has 0 fully saturated rings. The average molecular weight is 259 g/mol. The summed E-state index contributed by atoms with van der Waals surface area (Å²) >= 11 is 0. The number of aryl methyl sites for hydroxylation is 2. The number of hydrogen-bond acceptors (Lipinski definition) is 4. The molecule has 0 spiro atoms. The maximum Gasteiger partial charge on any atom is 0.129 e. The van der Waals surface area contributed by atoms with Crippen molar-refractivity contribution in [3.05, 3.63) is 17.6 Å². The Bertz CT molecular complexity index is 306. The van der Waals surface area contributed by atoms with Crippen molar-refractivity contribution in [2.45, 2.75) is 27.7 Å². The SMILES string of the molecule is CCN(CC)CCNc1cc(C)nc(C)n1.Cl. The van der Waals surface area contributed by atoms with E-state index >= 15 is 0 Å². The van der Waals surface area contributed by atoms with Crippen LogP contribution in [0.4, 0.5) is 5.82 Å². The smallest absolute Gasteiger partial charge is 0.129 e. The first-order valence-corrected chi connectivity index (χ1v) is 5.94. The van der Waals surface area contributed by atoms with Crippen LogP contribution in [-0.4, -0.2) is 41.0 Å². The molecule has 4 nitrogen and oxygen atoms in total. The van der Waals surface area contributed by atoms with E-state index in [2.05, 4.69) is 34.0 Å². The van der Waals surface area contributed by atoms with Crippen molar-refractivity contribution >= 4 is 18.2 Å². The summed E-state index contributed by atoms with van der Waals surface area (Å²) < 4.78 is 0. The maximum absolute atomic E-state index is 4.34. The number of aromatic nitrogens is 2. The van der Waals surface area contributed by atoms with Crippen molar-refractivity contribution in [1.29, 1.82) is 0 Å². The van der Waals surface area contributed by atoms with E-state index in [1.807, 2.05) is 19.9 Å². The Hall–Kier alpha value is -0.870. The molecule has 0 aromatic carbocycles. The van der Waals surface area contributed by atoms with Gasteiger partial charge in [-0.15, -0.1) is 12.4 Å². The number of anilines is 1. The van der Waals surface area contributed by atoms with Crippen LogP contribution in [0.25, 0.3) is 0 Å². The van der Waals surface area contributed by atoms with Crippen LogP contribution in [0.3, 0.4) is 0 Å². The zero-order valence-corrected chi connectivity index (χ0v) is 12.0. The van der Waals surface area contributed by atoms with Crippen LogP contribution in [0.1, 0.15) is 25.4 Å². The lowest BCUT2D eigenvalue weighted by molar-refractivity contribution is 0.316. The quantitative estimate of drug-likeness (QED) is 0.850. The Morgan fingerprint density at radius 1 is 1.18 bits per heavy atom. The minimum atomic E-state index is 0. The van der Waals surface area contributed by atoms with Crippen molar-refractivity contribution < 1.29 is 0 Å². The summed E-state index contributed by atoms with van der Waals surface area (Å²) in [4.78, 5) is 11.0. The molecule has 0 aliphatic carbocycles. The second kappa shape index (κ2) is 8.25. The molecule has 1 heterocycles. The summed E-state index contributed by atoms with van der Waals surface area (Å²) in [6.45, 7) is 12.4. The summed E-state index contributed by atoms with van der Waals surface area (Å²) in [6, 6.07) is 1.98. The molecule has 1 rings (SSSR count). The van der Waals surface area contributed by atoms with Crippen LogP contribution in [0.15, 0.2) is 6.07 Å². The zero-order valence-electron chi connectivity index (χ0n) is 11.2. The summed E-state index contributed by atoms with van der Waals surface area (Å²) in [5.74, 6) is 1.75. The van der Waals surface area contributed by atoms with E-state index in [1.54, 1.807) is 0 Å². The Balaban J connectivity index is 0.00000256. The Kier molecular flexibility index (Phi) is 7.83. The third kappa shape index (κ3) is 5.84. The molecule has 0 aliphatic rings. The van der Waals surface area contributed by atoms with E-state index < -0.39 is 0 Å². The molecule has 0 saturated carbocycles. The molecule has 0 unspecified atom stereocenters. The van der Waals surface area contributed by atoms with Crippen LogP contribution < -0.4 is 5.32 Å². The number of hydrogen-bond donors (Lipinski definition) is 1. The van der Waals surface area contributed by atoms with Crippen molar-refractivity contribution in [3.63, 3.8) is 0 Å². The number of nitrogens with zero attached hydrogens (tertiary/aromatic N) is 3. The highest BCUT2D eigenvalue weighted by molar-refractivity contribution is 5.85. The Morgan fingerprint density at radius 3 is 2.35 bits per heavy atom. The number of halogens is 1. The number of rotatable bonds is 6. The van der Waals surface area contributed by atoms with E-state index in [0.29, 0.717) is 0 Å². The third-order valence-electron chi connectivity index (χ3n) is 2.59.